The van der Waals surface area contributed by atoms with Crippen LogP contribution in [0, 0.1) is 0 Å². The van der Waals surface area contributed by atoms with E-state index in [-0.39, 0.29) is 11.7 Å². The van der Waals surface area contributed by atoms with Gasteiger partial charge in [0.1, 0.15) is 0 Å². The Balaban J connectivity index is 2.21. The van der Waals surface area contributed by atoms with Gasteiger partial charge in [-0.25, -0.2) is 0 Å². The second-order valence-corrected chi connectivity index (χ2v) is 4.05. The molecule has 0 saturated heterocycles. The molecule has 0 aliphatic rings. The van der Waals surface area contributed by atoms with Crippen LogP contribution in [0.1, 0.15) is 5.56 Å². The van der Waals surface area contributed by atoms with Crippen LogP contribution in [0.4, 0.5) is 0 Å². The second kappa shape index (κ2) is 7.30. The van der Waals surface area contributed by atoms with E-state index in [0.29, 0.717) is 6.54 Å². The molecule has 0 saturated carbocycles. The summed E-state index contributed by atoms with van der Waals surface area (Å²) in [6.07, 6.45) is 0. The number of hydrogen-bond donors (Lipinski definition) is 2. The number of thiol groups is 1. The van der Waals surface area contributed by atoms with Gasteiger partial charge in [0, 0.05) is 19.6 Å². The summed E-state index contributed by atoms with van der Waals surface area (Å²) in [7, 11) is 2.04. The molecule has 0 bridgehead atoms. The number of carbonyl (C=O) groups excluding carboxylic acids is 1. The van der Waals surface area contributed by atoms with Crippen molar-refractivity contribution >= 4 is 18.5 Å². The zero-order chi connectivity index (χ0) is 11.8. The molecule has 0 atom stereocenters. The quantitative estimate of drug-likeness (QED) is 0.729. The lowest BCUT2D eigenvalue weighted by atomic mass is 10.2. The standard InChI is InChI=1S/C12H18N2OS/c1-14(8-7-13-12(15)10-16)9-11-5-3-2-4-6-11/h2-6,16H,7-10H2,1H3,(H,13,15). The van der Waals surface area contributed by atoms with E-state index in [9.17, 15) is 4.79 Å². The molecule has 16 heavy (non-hydrogen) atoms. The average Bonchev–Trinajstić information content (AvgIpc) is 2.30. The lowest BCUT2D eigenvalue weighted by Crippen LogP contribution is -2.33. The molecule has 0 heterocycles. The van der Waals surface area contributed by atoms with Crippen molar-refractivity contribution in [3.05, 3.63) is 35.9 Å². The Morgan fingerprint density at radius 1 is 1.38 bits per heavy atom. The third-order valence-electron chi connectivity index (χ3n) is 2.25. The van der Waals surface area contributed by atoms with Crippen LogP contribution in [-0.2, 0) is 11.3 Å². The van der Waals surface area contributed by atoms with E-state index in [4.69, 9.17) is 0 Å². The van der Waals surface area contributed by atoms with Crippen molar-refractivity contribution in [2.45, 2.75) is 6.54 Å². The Labute approximate surface area is 102 Å². The van der Waals surface area contributed by atoms with Crippen LogP contribution >= 0.6 is 12.6 Å². The van der Waals surface area contributed by atoms with Crippen LogP contribution in [0.5, 0.6) is 0 Å². The zero-order valence-electron chi connectivity index (χ0n) is 9.52. The number of amides is 1. The van der Waals surface area contributed by atoms with Gasteiger partial charge in [-0.1, -0.05) is 30.3 Å². The zero-order valence-corrected chi connectivity index (χ0v) is 10.4. The number of hydrogen-bond acceptors (Lipinski definition) is 3. The molecule has 0 radical (unpaired) electrons. The Bertz CT molecular complexity index is 316. The van der Waals surface area contributed by atoms with Crippen LogP contribution < -0.4 is 5.32 Å². The maximum absolute atomic E-state index is 10.9. The first-order chi connectivity index (χ1) is 7.72. The minimum atomic E-state index is -0.0172. The number of carbonyl (C=O) groups is 1. The molecule has 0 unspecified atom stereocenters. The highest BCUT2D eigenvalue weighted by atomic mass is 32.1. The maximum Gasteiger partial charge on any atom is 0.229 e. The largest absolute Gasteiger partial charge is 0.354 e. The lowest BCUT2D eigenvalue weighted by Gasteiger charge is -2.16. The van der Waals surface area contributed by atoms with E-state index in [1.54, 1.807) is 0 Å². The van der Waals surface area contributed by atoms with Gasteiger partial charge < -0.3 is 10.2 Å². The predicted molar refractivity (Wildman–Crippen MR) is 69.6 cm³/mol. The Kier molecular flexibility index (Phi) is 5.96. The van der Waals surface area contributed by atoms with Crippen molar-refractivity contribution in [1.29, 1.82) is 0 Å². The van der Waals surface area contributed by atoms with Crippen LogP contribution in [0.2, 0.25) is 0 Å². The second-order valence-electron chi connectivity index (χ2n) is 3.73. The van der Waals surface area contributed by atoms with Crippen LogP contribution in [0.3, 0.4) is 0 Å². The van der Waals surface area contributed by atoms with E-state index in [1.807, 2.05) is 25.2 Å². The summed E-state index contributed by atoms with van der Waals surface area (Å²) >= 11 is 3.89. The first-order valence-corrected chi connectivity index (χ1v) is 5.95. The number of nitrogens with zero attached hydrogens (tertiary/aromatic N) is 1. The molecule has 88 valence electrons. The van der Waals surface area contributed by atoms with E-state index in [1.165, 1.54) is 5.56 Å². The van der Waals surface area contributed by atoms with E-state index in [2.05, 4.69) is 35.0 Å². The molecule has 0 aliphatic heterocycles. The molecule has 1 N–H and O–H groups in total. The van der Waals surface area contributed by atoms with Gasteiger partial charge >= 0.3 is 0 Å². The van der Waals surface area contributed by atoms with E-state index in [0.717, 1.165) is 13.1 Å². The van der Waals surface area contributed by atoms with Crippen molar-refractivity contribution < 1.29 is 4.79 Å². The number of rotatable bonds is 6. The van der Waals surface area contributed by atoms with Gasteiger partial charge in [0.2, 0.25) is 5.91 Å². The molecule has 1 aromatic carbocycles. The number of nitrogens with one attached hydrogen (secondary N) is 1. The number of likely N-dealkylation sites (N-methyl/N-ethyl adjacent to an activating group) is 1. The summed E-state index contributed by atoms with van der Waals surface area (Å²) in [4.78, 5) is 13.1. The maximum atomic E-state index is 10.9. The third kappa shape index (κ3) is 5.19. The molecule has 1 amide bonds. The van der Waals surface area contributed by atoms with Gasteiger partial charge in [0.25, 0.3) is 0 Å². The number of benzene rings is 1. The monoisotopic (exact) mass is 238 g/mol. The lowest BCUT2D eigenvalue weighted by molar-refractivity contribution is -0.118. The van der Waals surface area contributed by atoms with Gasteiger partial charge in [0.05, 0.1) is 5.75 Å². The van der Waals surface area contributed by atoms with Gasteiger partial charge in [-0.15, -0.1) is 0 Å². The molecular formula is C12H18N2OS. The van der Waals surface area contributed by atoms with Crippen LogP contribution in [-0.4, -0.2) is 36.7 Å². The molecule has 1 aromatic rings. The summed E-state index contributed by atoms with van der Waals surface area (Å²) in [5.41, 5.74) is 1.28. The molecule has 4 heteroatoms. The fourth-order valence-corrected chi connectivity index (χ4v) is 1.53. The summed E-state index contributed by atoms with van der Waals surface area (Å²) < 4.78 is 0. The molecule has 0 spiro atoms. The average molecular weight is 238 g/mol. The third-order valence-corrected chi connectivity index (χ3v) is 2.54. The first-order valence-electron chi connectivity index (χ1n) is 5.32. The van der Waals surface area contributed by atoms with Gasteiger partial charge in [-0.05, 0) is 12.6 Å². The van der Waals surface area contributed by atoms with Crippen molar-refractivity contribution in [2.75, 3.05) is 25.9 Å². The summed E-state index contributed by atoms with van der Waals surface area (Å²) in [5.74, 6) is 0.235. The minimum Gasteiger partial charge on any atom is -0.354 e. The van der Waals surface area contributed by atoms with Gasteiger partial charge in [-0.3, -0.25) is 4.79 Å². The van der Waals surface area contributed by atoms with E-state index >= 15 is 0 Å². The Hall–Kier alpha value is -1.00. The summed E-state index contributed by atoms with van der Waals surface area (Å²) in [5, 5.41) is 2.79. The highest BCUT2D eigenvalue weighted by molar-refractivity contribution is 7.81. The topological polar surface area (TPSA) is 32.3 Å². The normalized spacial score (nSPS) is 10.4. The Morgan fingerprint density at radius 2 is 2.06 bits per heavy atom. The molecular weight excluding hydrogens is 220 g/mol. The minimum absolute atomic E-state index is 0.0172. The molecule has 0 aliphatic carbocycles. The van der Waals surface area contributed by atoms with Crippen molar-refractivity contribution in [1.82, 2.24) is 10.2 Å². The van der Waals surface area contributed by atoms with Crippen molar-refractivity contribution in [3.8, 4) is 0 Å². The summed E-state index contributed by atoms with van der Waals surface area (Å²) in [6, 6.07) is 10.3. The van der Waals surface area contributed by atoms with E-state index < -0.39 is 0 Å². The van der Waals surface area contributed by atoms with Gasteiger partial charge in [0.15, 0.2) is 0 Å². The summed E-state index contributed by atoms with van der Waals surface area (Å²) in [6.45, 7) is 2.41. The molecule has 3 nitrogen and oxygen atoms in total. The van der Waals surface area contributed by atoms with Crippen molar-refractivity contribution in [2.24, 2.45) is 0 Å². The molecule has 1 rings (SSSR count). The highest BCUT2D eigenvalue weighted by Crippen LogP contribution is 2.01. The predicted octanol–water partition coefficient (Wildman–Crippen LogP) is 1.16. The van der Waals surface area contributed by atoms with Crippen molar-refractivity contribution in [3.63, 3.8) is 0 Å². The van der Waals surface area contributed by atoms with Crippen LogP contribution in [0.15, 0.2) is 30.3 Å². The SMILES string of the molecule is CN(CCNC(=O)CS)Cc1ccccc1. The smallest absolute Gasteiger partial charge is 0.229 e. The van der Waals surface area contributed by atoms with Gasteiger partial charge in [-0.2, -0.15) is 12.6 Å². The fraction of sp³-hybridized carbons (Fsp3) is 0.417. The highest BCUT2D eigenvalue weighted by Gasteiger charge is 2.01. The fourth-order valence-electron chi connectivity index (χ4n) is 1.42. The molecule has 0 fully saturated rings. The first kappa shape index (κ1) is 13.1. The van der Waals surface area contributed by atoms with Crippen LogP contribution in [0.25, 0.3) is 0 Å². The molecule has 0 aromatic heterocycles. The Morgan fingerprint density at radius 3 is 2.69 bits per heavy atom.